The molecule has 1 amide bonds. The maximum absolute atomic E-state index is 12.0. The summed E-state index contributed by atoms with van der Waals surface area (Å²) in [5, 5.41) is 3.95. The van der Waals surface area contributed by atoms with Crippen molar-refractivity contribution >= 4 is 35.0 Å². The number of rotatable bonds is 3. The zero-order chi connectivity index (χ0) is 13.1. The molecule has 98 valence electrons. The first kappa shape index (κ1) is 13.6. The van der Waals surface area contributed by atoms with Crippen molar-refractivity contribution in [3.63, 3.8) is 0 Å². The lowest BCUT2D eigenvalue weighted by Crippen LogP contribution is -2.23. The second-order valence-electron chi connectivity index (χ2n) is 4.60. The van der Waals surface area contributed by atoms with Crippen LogP contribution in [0.4, 0.5) is 5.69 Å². The third-order valence-corrected chi connectivity index (χ3v) is 4.40. The van der Waals surface area contributed by atoms with Crippen molar-refractivity contribution in [1.82, 2.24) is 4.90 Å². The summed E-state index contributed by atoms with van der Waals surface area (Å²) in [5.74, 6) is 2.26. The van der Waals surface area contributed by atoms with Gasteiger partial charge in [-0.05, 0) is 30.4 Å². The van der Waals surface area contributed by atoms with Gasteiger partial charge in [-0.3, -0.25) is 4.79 Å². The van der Waals surface area contributed by atoms with Crippen molar-refractivity contribution < 1.29 is 4.79 Å². The number of hydrogen-bond acceptors (Lipinski definition) is 3. The molecule has 1 aromatic rings. The number of nitrogens with zero attached hydrogens (tertiary/aromatic N) is 1. The van der Waals surface area contributed by atoms with Gasteiger partial charge in [-0.2, -0.15) is 11.8 Å². The van der Waals surface area contributed by atoms with Crippen LogP contribution in [0.3, 0.4) is 0 Å². The van der Waals surface area contributed by atoms with E-state index in [2.05, 4.69) is 5.32 Å². The number of carbonyl (C=O) groups is 1. The van der Waals surface area contributed by atoms with Gasteiger partial charge in [0.05, 0.1) is 10.6 Å². The summed E-state index contributed by atoms with van der Waals surface area (Å²) in [6.07, 6.45) is 1.17. The van der Waals surface area contributed by atoms with E-state index < -0.39 is 0 Å². The van der Waals surface area contributed by atoms with Gasteiger partial charge in [0, 0.05) is 31.6 Å². The van der Waals surface area contributed by atoms with Crippen molar-refractivity contribution in [2.45, 2.75) is 12.5 Å². The topological polar surface area (TPSA) is 32.3 Å². The molecule has 1 unspecified atom stereocenters. The average Bonchev–Trinajstić information content (AvgIpc) is 2.83. The van der Waals surface area contributed by atoms with E-state index in [1.54, 1.807) is 20.2 Å². The van der Waals surface area contributed by atoms with E-state index in [1.807, 2.05) is 23.9 Å². The molecule has 1 heterocycles. The molecule has 0 bridgehead atoms. The van der Waals surface area contributed by atoms with Crippen molar-refractivity contribution in [1.29, 1.82) is 0 Å². The number of halogens is 1. The molecule has 1 aliphatic heterocycles. The number of thioether (sulfide) groups is 1. The maximum atomic E-state index is 12.0. The van der Waals surface area contributed by atoms with Crippen LogP contribution in [0.15, 0.2) is 18.2 Å². The Hall–Kier alpha value is -0.870. The smallest absolute Gasteiger partial charge is 0.254 e. The molecule has 3 nitrogen and oxygen atoms in total. The van der Waals surface area contributed by atoms with Crippen LogP contribution in [0, 0.1) is 0 Å². The summed E-state index contributed by atoms with van der Waals surface area (Å²) in [4.78, 5) is 13.5. The molecule has 0 radical (unpaired) electrons. The van der Waals surface area contributed by atoms with Gasteiger partial charge in [-0.1, -0.05) is 11.6 Å². The Morgan fingerprint density at radius 2 is 2.28 bits per heavy atom. The SMILES string of the molecule is CN(C)C(=O)c1cc(NC2CCSC2)ccc1Cl. The Bertz CT molecular complexity index is 445. The predicted octanol–water partition coefficient (Wildman–Crippen LogP) is 2.96. The molecule has 0 aliphatic carbocycles. The van der Waals surface area contributed by atoms with Crippen molar-refractivity contribution in [3.8, 4) is 0 Å². The number of anilines is 1. The molecule has 18 heavy (non-hydrogen) atoms. The number of hydrogen-bond donors (Lipinski definition) is 1. The molecular formula is C13H17ClN2OS. The Labute approximate surface area is 117 Å². The fraction of sp³-hybridized carbons (Fsp3) is 0.462. The van der Waals surface area contributed by atoms with Gasteiger partial charge in [0.1, 0.15) is 0 Å². The van der Waals surface area contributed by atoms with Crippen LogP contribution in [0.2, 0.25) is 5.02 Å². The Morgan fingerprint density at radius 1 is 1.50 bits per heavy atom. The molecule has 1 fully saturated rings. The van der Waals surface area contributed by atoms with Gasteiger partial charge in [0.25, 0.3) is 5.91 Å². The van der Waals surface area contributed by atoms with Crippen molar-refractivity contribution in [2.75, 3.05) is 30.9 Å². The van der Waals surface area contributed by atoms with Crippen LogP contribution in [0.25, 0.3) is 0 Å². The lowest BCUT2D eigenvalue weighted by Gasteiger charge is -2.16. The summed E-state index contributed by atoms with van der Waals surface area (Å²) < 4.78 is 0. The first-order valence-electron chi connectivity index (χ1n) is 5.93. The quantitative estimate of drug-likeness (QED) is 0.926. The van der Waals surface area contributed by atoms with E-state index in [0.29, 0.717) is 16.6 Å². The van der Waals surface area contributed by atoms with Crippen LogP contribution >= 0.6 is 23.4 Å². The van der Waals surface area contributed by atoms with Crippen molar-refractivity contribution in [3.05, 3.63) is 28.8 Å². The highest BCUT2D eigenvalue weighted by Gasteiger charge is 2.17. The lowest BCUT2D eigenvalue weighted by molar-refractivity contribution is 0.0828. The number of benzene rings is 1. The summed E-state index contributed by atoms with van der Waals surface area (Å²) in [6, 6.07) is 6.05. The van der Waals surface area contributed by atoms with Gasteiger partial charge >= 0.3 is 0 Å². The fourth-order valence-corrected chi connectivity index (χ4v) is 3.25. The minimum atomic E-state index is -0.0653. The molecule has 5 heteroatoms. The van der Waals surface area contributed by atoms with Crippen LogP contribution < -0.4 is 5.32 Å². The van der Waals surface area contributed by atoms with Gasteiger partial charge < -0.3 is 10.2 Å². The molecule has 1 N–H and O–H groups in total. The number of amides is 1. The standard InChI is InChI=1S/C13H17ClN2OS/c1-16(2)13(17)11-7-9(3-4-12(11)14)15-10-5-6-18-8-10/h3-4,7,10,15H,5-6,8H2,1-2H3. The van der Waals surface area contributed by atoms with Crippen LogP contribution in [0.1, 0.15) is 16.8 Å². The lowest BCUT2D eigenvalue weighted by atomic mass is 10.1. The summed E-state index contributed by atoms with van der Waals surface area (Å²) >= 11 is 8.03. The van der Waals surface area contributed by atoms with Gasteiger partial charge in [0.15, 0.2) is 0 Å². The van der Waals surface area contributed by atoms with E-state index >= 15 is 0 Å². The first-order chi connectivity index (χ1) is 8.58. The summed E-state index contributed by atoms with van der Waals surface area (Å²) in [6.45, 7) is 0. The van der Waals surface area contributed by atoms with E-state index in [4.69, 9.17) is 11.6 Å². The molecule has 0 spiro atoms. The number of carbonyl (C=O) groups excluding carboxylic acids is 1. The highest BCUT2D eigenvalue weighted by molar-refractivity contribution is 7.99. The molecule has 0 saturated carbocycles. The Balaban J connectivity index is 2.17. The molecule has 1 aromatic carbocycles. The summed E-state index contributed by atoms with van der Waals surface area (Å²) in [7, 11) is 3.46. The predicted molar refractivity (Wildman–Crippen MR) is 78.8 cm³/mol. The summed E-state index contributed by atoms with van der Waals surface area (Å²) in [5.41, 5.74) is 1.52. The van der Waals surface area contributed by atoms with E-state index in [9.17, 15) is 4.79 Å². The maximum Gasteiger partial charge on any atom is 0.254 e. The zero-order valence-electron chi connectivity index (χ0n) is 10.6. The third kappa shape index (κ3) is 3.12. The minimum Gasteiger partial charge on any atom is -0.381 e. The largest absolute Gasteiger partial charge is 0.381 e. The molecule has 2 rings (SSSR count). The second-order valence-corrected chi connectivity index (χ2v) is 6.16. The monoisotopic (exact) mass is 284 g/mol. The van der Waals surface area contributed by atoms with E-state index in [1.165, 1.54) is 17.1 Å². The van der Waals surface area contributed by atoms with Gasteiger partial charge in [0.2, 0.25) is 0 Å². The highest BCUT2D eigenvalue weighted by atomic mass is 35.5. The third-order valence-electron chi connectivity index (χ3n) is 2.90. The van der Waals surface area contributed by atoms with Gasteiger partial charge in [-0.15, -0.1) is 0 Å². The van der Waals surface area contributed by atoms with Crippen LogP contribution in [-0.4, -0.2) is 42.4 Å². The van der Waals surface area contributed by atoms with Crippen molar-refractivity contribution in [2.24, 2.45) is 0 Å². The fourth-order valence-electron chi connectivity index (χ4n) is 1.90. The average molecular weight is 285 g/mol. The highest BCUT2D eigenvalue weighted by Crippen LogP contribution is 2.25. The number of nitrogens with one attached hydrogen (secondary N) is 1. The normalized spacial score (nSPS) is 18.7. The first-order valence-corrected chi connectivity index (χ1v) is 7.46. The Kier molecular flexibility index (Phi) is 4.40. The van der Waals surface area contributed by atoms with Crippen LogP contribution in [0.5, 0.6) is 0 Å². The zero-order valence-corrected chi connectivity index (χ0v) is 12.1. The minimum absolute atomic E-state index is 0.0653. The molecule has 1 atom stereocenters. The van der Waals surface area contributed by atoms with Crippen LogP contribution in [-0.2, 0) is 0 Å². The molecular weight excluding hydrogens is 268 g/mol. The van der Waals surface area contributed by atoms with E-state index in [0.717, 1.165) is 11.4 Å². The van der Waals surface area contributed by atoms with Gasteiger partial charge in [-0.25, -0.2) is 0 Å². The van der Waals surface area contributed by atoms with E-state index in [-0.39, 0.29) is 5.91 Å². The molecule has 1 aliphatic rings. The molecule has 1 saturated heterocycles. The molecule has 0 aromatic heterocycles. The second kappa shape index (κ2) is 5.85. The Morgan fingerprint density at radius 3 is 2.89 bits per heavy atom.